The van der Waals surface area contributed by atoms with Crippen LogP contribution in [-0.4, -0.2) is 61.4 Å². The Labute approximate surface area is 128 Å². The summed E-state index contributed by atoms with van der Waals surface area (Å²) in [6.45, 7) is 5.76. The molecule has 2 amide bonds. The van der Waals surface area contributed by atoms with E-state index in [9.17, 15) is 9.59 Å². The van der Waals surface area contributed by atoms with Crippen molar-refractivity contribution in [1.82, 2.24) is 15.1 Å². The van der Waals surface area contributed by atoms with Gasteiger partial charge in [0.2, 0.25) is 11.8 Å². The first-order valence-electron chi connectivity index (χ1n) is 7.76. The van der Waals surface area contributed by atoms with Crippen LogP contribution >= 0.6 is 0 Å². The van der Waals surface area contributed by atoms with Crippen molar-refractivity contribution in [2.45, 2.75) is 39.0 Å². The third kappa shape index (κ3) is 8.36. The number of unbranched alkanes of at least 4 members (excludes halogenated alkanes) is 1. The first-order valence-corrected chi connectivity index (χ1v) is 7.76. The third-order valence-electron chi connectivity index (χ3n) is 3.56. The molecule has 5 nitrogen and oxygen atoms in total. The van der Waals surface area contributed by atoms with Gasteiger partial charge < -0.3 is 10.2 Å². The smallest absolute Gasteiger partial charge is 0.223 e. The van der Waals surface area contributed by atoms with E-state index in [1.54, 1.807) is 11.9 Å². The Morgan fingerprint density at radius 3 is 2.57 bits per heavy atom. The van der Waals surface area contributed by atoms with Gasteiger partial charge in [0, 0.05) is 26.9 Å². The molecule has 0 spiro atoms. The second-order valence-electron chi connectivity index (χ2n) is 5.53. The fraction of sp³-hybridized carbons (Fsp3) is 0.750. The maximum absolute atomic E-state index is 11.9. The van der Waals surface area contributed by atoms with Crippen LogP contribution in [0.2, 0.25) is 0 Å². The minimum Gasteiger partial charge on any atom is -0.356 e. The summed E-state index contributed by atoms with van der Waals surface area (Å²) in [5.41, 5.74) is 0. The summed E-state index contributed by atoms with van der Waals surface area (Å²) in [6.07, 6.45) is 4.70. The van der Waals surface area contributed by atoms with Gasteiger partial charge in [-0.25, -0.2) is 0 Å². The molecule has 1 aliphatic heterocycles. The molecule has 21 heavy (non-hydrogen) atoms. The number of nitrogens with zero attached hydrogens (tertiary/aromatic N) is 2. The van der Waals surface area contributed by atoms with E-state index in [2.05, 4.69) is 22.1 Å². The summed E-state index contributed by atoms with van der Waals surface area (Å²) in [5.74, 6) is 6.30. The molecule has 1 N–H and O–H groups in total. The Hall–Kier alpha value is -1.54. The van der Waals surface area contributed by atoms with E-state index in [-0.39, 0.29) is 11.8 Å². The van der Waals surface area contributed by atoms with Crippen LogP contribution in [0.4, 0.5) is 0 Å². The molecule has 0 unspecified atom stereocenters. The van der Waals surface area contributed by atoms with Gasteiger partial charge in [0.05, 0.1) is 13.1 Å². The summed E-state index contributed by atoms with van der Waals surface area (Å²) >= 11 is 0. The van der Waals surface area contributed by atoms with Crippen LogP contribution in [0.25, 0.3) is 0 Å². The van der Waals surface area contributed by atoms with Gasteiger partial charge in [-0.1, -0.05) is 11.8 Å². The maximum Gasteiger partial charge on any atom is 0.223 e. The topological polar surface area (TPSA) is 52.7 Å². The molecule has 0 saturated carbocycles. The molecular formula is C16H27N3O2. The minimum atomic E-state index is -0.0216. The number of rotatable bonds is 7. The first kappa shape index (κ1) is 17.5. The Morgan fingerprint density at radius 2 is 1.90 bits per heavy atom. The molecule has 0 aromatic rings. The standard InChI is InChI=1S/C16H27N3O2/c1-15(20)17-10-4-3-9-16(21)18(2)11-5-6-12-19-13-7-8-14-19/h3-4,7-14H2,1-2H3,(H,17,20). The number of hydrogen-bond donors (Lipinski definition) is 1. The van der Waals surface area contributed by atoms with Crippen LogP contribution in [0.5, 0.6) is 0 Å². The minimum absolute atomic E-state index is 0.0216. The summed E-state index contributed by atoms with van der Waals surface area (Å²) in [6, 6.07) is 0. The number of amides is 2. The lowest BCUT2D eigenvalue weighted by atomic mass is 10.2. The number of carbonyl (C=O) groups is 2. The average molecular weight is 293 g/mol. The third-order valence-corrected chi connectivity index (χ3v) is 3.56. The zero-order valence-electron chi connectivity index (χ0n) is 13.3. The number of hydrogen-bond acceptors (Lipinski definition) is 3. The van der Waals surface area contributed by atoms with Crippen LogP contribution in [0, 0.1) is 11.8 Å². The van der Waals surface area contributed by atoms with E-state index in [1.165, 1.54) is 19.8 Å². The molecular weight excluding hydrogens is 266 g/mol. The summed E-state index contributed by atoms with van der Waals surface area (Å²) in [7, 11) is 1.79. The van der Waals surface area contributed by atoms with Crippen molar-refractivity contribution in [3.63, 3.8) is 0 Å². The molecule has 0 radical (unpaired) electrons. The van der Waals surface area contributed by atoms with E-state index in [1.807, 2.05) is 0 Å². The van der Waals surface area contributed by atoms with Gasteiger partial charge in [-0.15, -0.1) is 0 Å². The molecule has 0 aromatic heterocycles. The van der Waals surface area contributed by atoms with E-state index in [0.717, 1.165) is 32.5 Å². The molecule has 118 valence electrons. The number of carbonyl (C=O) groups excluding carboxylic acids is 2. The molecule has 1 heterocycles. The van der Waals surface area contributed by atoms with Crippen molar-refractivity contribution < 1.29 is 9.59 Å². The monoisotopic (exact) mass is 293 g/mol. The second kappa shape index (κ2) is 10.2. The first-order chi connectivity index (χ1) is 10.1. The van der Waals surface area contributed by atoms with Gasteiger partial charge in [0.15, 0.2) is 0 Å². The predicted molar refractivity (Wildman–Crippen MR) is 83.6 cm³/mol. The van der Waals surface area contributed by atoms with Gasteiger partial charge in [0.25, 0.3) is 0 Å². The highest BCUT2D eigenvalue weighted by Crippen LogP contribution is 2.05. The quantitative estimate of drug-likeness (QED) is 0.559. The van der Waals surface area contributed by atoms with Gasteiger partial charge in [0.1, 0.15) is 0 Å². The van der Waals surface area contributed by atoms with Gasteiger partial charge in [-0.2, -0.15) is 0 Å². The van der Waals surface area contributed by atoms with Crippen molar-refractivity contribution in [3.05, 3.63) is 0 Å². The molecule has 0 aliphatic carbocycles. The second-order valence-corrected chi connectivity index (χ2v) is 5.53. The molecule has 1 fully saturated rings. The van der Waals surface area contributed by atoms with Gasteiger partial charge in [-0.05, 0) is 38.8 Å². The molecule has 1 aliphatic rings. The van der Waals surface area contributed by atoms with Crippen molar-refractivity contribution in [1.29, 1.82) is 0 Å². The molecule has 0 bridgehead atoms. The van der Waals surface area contributed by atoms with Crippen LogP contribution in [0.3, 0.4) is 0 Å². The Kier molecular flexibility index (Phi) is 8.53. The van der Waals surface area contributed by atoms with Crippen molar-refractivity contribution in [2.24, 2.45) is 0 Å². The van der Waals surface area contributed by atoms with E-state index in [0.29, 0.717) is 19.5 Å². The fourth-order valence-corrected chi connectivity index (χ4v) is 2.23. The van der Waals surface area contributed by atoms with Crippen molar-refractivity contribution in [3.8, 4) is 11.8 Å². The van der Waals surface area contributed by atoms with Crippen molar-refractivity contribution in [2.75, 3.05) is 39.8 Å². The number of likely N-dealkylation sites (tertiary alicyclic amines) is 1. The maximum atomic E-state index is 11.9. The van der Waals surface area contributed by atoms with E-state index in [4.69, 9.17) is 0 Å². The average Bonchev–Trinajstić information content (AvgIpc) is 2.95. The normalized spacial score (nSPS) is 14.4. The predicted octanol–water partition coefficient (Wildman–Crippen LogP) is 0.850. The lowest BCUT2D eigenvalue weighted by Gasteiger charge is -2.14. The zero-order valence-corrected chi connectivity index (χ0v) is 13.3. The van der Waals surface area contributed by atoms with Gasteiger partial charge in [-0.3, -0.25) is 14.5 Å². The van der Waals surface area contributed by atoms with Crippen LogP contribution in [0.1, 0.15) is 39.0 Å². The van der Waals surface area contributed by atoms with Crippen molar-refractivity contribution >= 4 is 11.8 Å². The van der Waals surface area contributed by atoms with Crippen LogP contribution < -0.4 is 5.32 Å². The highest BCUT2D eigenvalue weighted by molar-refractivity contribution is 5.76. The molecule has 1 rings (SSSR count). The Morgan fingerprint density at radius 1 is 1.19 bits per heavy atom. The lowest BCUT2D eigenvalue weighted by Crippen LogP contribution is -2.27. The summed E-state index contributed by atoms with van der Waals surface area (Å²) < 4.78 is 0. The van der Waals surface area contributed by atoms with E-state index < -0.39 is 0 Å². The lowest BCUT2D eigenvalue weighted by molar-refractivity contribution is -0.129. The summed E-state index contributed by atoms with van der Waals surface area (Å²) in [4.78, 5) is 26.6. The molecule has 1 saturated heterocycles. The van der Waals surface area contributed by atoms with E-state index >= 15 is 0 Å². The Bertz CT molecular complexity index is 392. The molecule has 0 atom stereocenters. The highest BCUT2D eigenvalue weighted by atomic mass is 16.2. The van der Waals surface area contributed by atoms with Crippen LogP contribution in [-0.2, 0) is 9.59 Å². The van der Waals surface area contributed by atoms with Gasteiger partial charge >= 0.3 is 0 Å². The summed E-state index contributed by atoms with van der Waals surface area (Å²) in [5, 5.41) is 2.73. The highest BCUT2D eigenvalue weighted by Gasteiger charge is 2.09. The SMILES string of the molecule is CC(=O)NCCCCC(=O)N(C)CC#CCN1CCCC1. The molecule has 0 aromatic carbocycles. The largest absolute Gasteiger partial charge is 0.356 e. The fourth-order valence-electron chi connectivity index (χ4n) is 2.23. The zero-order chi connectivity index (χ0) is 15.5. The number of nitrogens with one attached hydrogen (secondary N) is 1. The molecule has 5 heteroatoms. The van der Waals surface area contributed by atoms with Crippen LogP contribution in [0.15, 0.2) is 0 Å². The Balaban J connectivity index is 2.07.